The molecule has 2 aromatic heterocycles. The number of nitrogens with zero attached hydrogens (tertiary/aromatic N) is 3. The average molecular weight is 247 g/mol. The number of morpholine rings is 1. The molecule has 0 atom stereocenters. The van der Waals surface area contributed by atoms with Crippen molar-refractivity contribution in [1.29, 1.82) is 0 Å². The lowest BCUT2D eigenvalue weighted by Crippen LogP contribution is -2.37. The second-order valence-corrected chi connectivity index (χ2v) is 4.15. The first kappa shape index (κ1) is 11.0. The number of hydrogen-bond acceptors (Lipinski definition) is 4. The Labute approximate surface area is 103 Å². The molecular formula is C12H13N3O3. The van der Waals surface area contributed by atoms with E-state index in [4.69, 9.17) is 4.74 Å². The number of carboxylic acid groups (broad SMARTS) is 1. The first-order valence-corrected chi connectivity index (χ1v) is 5.80. The minimum atomic E-state index is -0.951. The number of anilines is 1. The van der Waals surface area contributed by atoms with E-state index < -0.39 is 5.97 Å². The summed E-state index contributed by atoms with van der Waals surface area (Å²) in [5, 5.41) is 13.4. The Bertz CT molecular complexity index is 587. The largest absolute Gasteiger partial charge is 0.478 e. The third-order valence-electron chi connectivity index (χ3n) is 3.09. The Kier molecular flexibility index (Phi) is 2.64. The number of fused-ring (bicyclic) bond motifs is 1. The Morgan fingerprint density at radius 3 is 2.89 bits per heavy atom. The number of ether oxygens (including phenoxy) is 1. The lowest BCUT2D eigenvalue weighted by atomic mass is 10.2. The molecule has 3 rings (SSSR count). The molecule has 0 aromatic carbocycles. The minimum absolute atomic E-state index is 0.239. The number of hydrogen-bond donors (Lipinski definition) is 1. The van der Waals surface area contributed by atoms with Crippen LogP contribution in [0, 0.1) is 0 Å². The van der Waals surface area contributed by atoms with E-state index in [1.165, 1.54) is 6.20 Å². The molecule has 0 saturated carbocycles. The van der Waals surface area contributed by atoms with Gasteiger partial charge in [0.1, 0.15) is 5.56 Å². The summed E-state index contributed by atoms with van der Waals surface area (Å²) < 4.78 is 7.00. The molecule has 1 aliphatic heterocycles. The molecule has 6 heteroatoms. The molecule has 0 aliphatic carbocycles. The van der Waals surface area contributed by atoms with Crippen LogP contribution in [0.4, 0.5) is 5.69 Å². The standard InChI is InChI=1S/C12H13N3O3/c16-12(17)9-8-13-15-3-1-2-10(15)11(9)14-4-6-18-7-5-14/h1-3,8H,4-7H2,(H,16,17). The van der Waals surface area contributed by atoms with Crippen molar-refractivity contribution in [2.45, 2.75) is 0 Å². The van der Waals surface area contributed by atoms with Crippen molar-refractivity contribution < 1.29 is 14.6 Å². The maximum Gasteiger partial charge on any atom is 0.339 e. The second kappa shape index (κ2) is 4.30. The lowest BCUT2D eigenvalue weighted by Gasteiger charge is -2.30. The number of carboxylic acids is 1. The molecule has 1 N–H and O–H groups in total. The molecule has 0 radical (unpaired) electrons. The summed E-state index contributed by atoms with van der Waals surface area (Å²) in [5.74, 6) is -0.951. The van der Waals surface area contributed by atoms with E-state index in [0.29, 0.717) is 26.3 Å². The third-order valence-corrected chi connectivity index (χ3v) is 3.09. The van der Waals surface area contributed by atoms with Crippen LogP contribution in [-0.4, -0.2) is 47.0 Å². The van der Waals surface area contributed by atoms with Gasteiger partial charge in [-0.15, -0.1) is 0 Å². The number of aromatic nitrogens is 2. The van der Waals surface area contributed by atoms with Gasteiger partial charge in [-0.05, 0) is 12.1 Å². The topological polar surface area (TPSA) is 67.1 Å². The molecule has 0 spiro atoms. The number of aromatic carboxylic acids is 1. The summed E-state index contributed by atoms with van der Waals surface area (Å²) >= 11 is 0. The summed E-state index contributed by atoms with van der Waals surface area (Å²) in [6.07, 6.45) is 3.21. The highest BCUT2D eigenvalue weighted by atomic mass is 16.5. The zero-order chi connectivity index (χ0) is 12.5. The summed E-state index contributed by atoms with van der Waals surface area (Å²) in [7, 11) is 0. The van der Waals surface area contributed by atoms with Crippen LogP contribution in [0.2, 0.25) is 0 Å². The molecule has 0 unspecified atom stereocenters. The van der Waals surface area contributed by atoms with Gasteiger partial charge in [0.05, 0.1) is 30.6 Å². The summed E-state index contributed by atoms with van der Waals surface area (Å²) in [6.45, 7) is 2.64. The van der Waals surface area contributed by atoms with Crippen molar-refractivity contribution in [3.8, 4) is 0 Å². The van der Waals surface area contributed by atoms with Gasteiger partial charge < -0.3 is 14.7 Å². The first-order chi connectivity index (χ1) is 8.77. The predicted octanol–water partition coefficient (Wildman–Crippen LogP) is 0.869. The number of carbonyl (C=O) groups is 1. The molecule has 6 nitrogen and oxygen atoms in total. The fraction of sp³-hybridized carbons (Fsp3) is 0.333. The fourth-order valence-electron chi connectivity index (χ4n) is 2.26. The van der Waals surface area contributed by atoms with Gasteiger partial charge in [0, 0.05) is 19.3 Å². The monoisotopic (exact) mass is 247 g/mol. The highest BCUT2D eigenvalue weighted by Gasteiger charge is 2.21. The molecule has 94 valence electrons. The van der Waals surface area contributed by atoms with Gasteiger partial charge in [-0.25, -0.2) is 9.31 Å². The molecular weight excluding hydrogens is 234 g/mol. The summed E-state index contributed by atoms with van der Waals surface area (Å²) in [6, 6.07) is 3.74. The highest BCUT2D eigenvalue weighted by Crippen LogP contribution is 2.26. The van der Waals surface area contributed by atoms with Gasteiger partial charge in [-0.3, -0.25) is 0 Å². The minimum Gasteiger partial charge on any atom is -0.478 e. The van der Waals surface area contributed by atoms with Gasteiger partial charge in [0.25, 0.3) is 0 Å². The molecule has 1 aliphatic rings. The zero-order valence-electron chi connectivity index (χ0n) is 9.74. The van der Waals surface area contributed by atoms with Crippen molar-refractivity contribution in [1.82, 2.24) is 9.61 Å². The summed E-state index contributed by atoms with van der Waals surface area (Å²) in [4.78, 5) is 13.4. The zero-order valence-corrected chi connectivity index (χ0v) is 9.74. The van der Waals surface area contributed by atoms with Gasteiger partial charge in [0.2, 0.25) is 0 Å². The van der Waals surface area contributed by atoms with Crippen LogP contribution in [0.15, 0.2) is 24.5 Å². The van der Waals surface area contributed by atoms with E-state index in [1.807, 2.05) is 23.2 Å². The van der Waals surface area contributed by atoms with Crippen LogP contribution < -0.4 is 4.90 Å². The molecule has 18 heavy (non-hydrogen) atoms. The molecule has 1 saturated heterocycles. The molecule has 0 amide bonds. The van der Waals surface area contributed by atoms with Crippen LogP contribution in [0.5, 0.6) is 0 Å². The van der Waals surface area contributed by atoms with Crippen molar-refractivity contribution >= 4 is 17.2 Å². The maximum absolute atomic E-state index is 11.3. The van der Waals surface area contributed by atoms with E-state index in [2.05, 4.69) is 5.10 Å². The first-order valence-electron chi connectivity index (χ1n) is 5.80. The number of rotatable bonds is 2. The maximum atomic E-state index is 11.3. The molecule has 2 aromatic rings. The molecule has 3 heterocycles. The van der Waals surface area contributed by atoms with Crippen LogP contribution in [-0.2, 0) is 4.74 Å². The smallest absolute Gasteiger partial charge is 0.339 e. The predicted molar refractivity (Wildman–Crippen MR) is 65.2 cm³/mol. The Morgan fingerprint density at radius 1 is 1.39 bits per heavy atom. The van der Waals surface area contributed by atoms with Crippen LogP contribution in [0.3, 0.4) is 0 Å². The molecule has 1 fully saturated rings. The normalized spacial score (nSPS) is 16.1. The van der Waals surface area contributed by atoms with Crippen molar-refractivity contribution in [3.63, 3.8) is 0 Å². The van der Waals surface area contributed by atoms with Gasteiger partial charge in [0.15, 0.2) is 0 Å². The second-order valence-electron chi connectivity index (χ2n) is 4.15. The van der Waals surface area contributed by atoms with Crippen LogP contribution >= 0.6 is 0 Å². The van der Waals surface area contributed by atoms with E-state index in [-0.39, 0.29) is 5.56 Å². The Balaban J connectivity index is 2.18. The lowest BCUT2D eigenvalue weighted by molar-refractivity contribution is 0.0695. The van der Waals surface area contributed by atoms with Crippen LogP contribution in [0.1, 0.15) is 10.4 Å². The van der Waals surface area contributed by atoms with Gasteiger partial charge in [-0.1, -0.05) is 0 Å². The van der Waals surface area contributed by atoms with E-state index in [9.17, 15) is 9.90 Å². The van der Waals surface area contributed by atoms with Crippen molar-refractivity contribution in [3.05, 3.63) is 30.1 Å². The highest BCUT2D eigenvalue weighted by molar-refractivity contribution is 5.98. The van der Waals surface area contributed by atoms with Gasteiger partial charge >= 0.3 is 5.97 Å². The quantitative estimate of drug-likeness (QED) is 0.852. The Morgan fingerprint density at radius 2 is 2.17 bits per heavy atom. The summed E-state index contributed by atoms with van der Waals surface area (Å²) in [5.41, 5.74) is 1.78. The van der Waals surface area contributed by atoms with E-state index in [0.717, 1.165) is 11.2 Å². The van der Waals surface area contributed by atoms with Crippen LogP contribution in [0.25, 0.3) is 5.52 Å². The molecule has 0 bridgehead atoms. The third kappa shape index (κ3) is 1.70. The van der Waals surface area contributed by atoms with Crippen molar-refractivity contribution in [2.24, 2.45) is 0 Å². The van der Waals surface area contributed by atoms with Crippen molar-refractivity contribution in [2.75, 3.05) is 31.2 Å². The van der Waals surface area contributed by atoms with E-state index in [1.54, 1.807) is 4.52 Å². The van der Waals surface area contributed by atoms with Gasteiger partial charge in [-0.2, -0.15) is 5.10 Å². The fourth-order valence-corrected chi connectivity index (χ4v) is 2.26. The average Bonchev–Trinajstić information content (AvgIpc) is 2.86. The SMILES string of the molecule is O=C(O)c1cnn2cccc2c1N1CCOCC1. The van der Waals surface area contributed by atoms with E-state index >= 15 is 0 Å². The Hall–Kier alpha value is -2.08.